The molecule has 1 aliphatic heterocycles. The molecule has 1 aromatic heterocycles. The van der Waals surface area contributed by atoms with Crippen LogP contribution in [0.5, 0.6) is 11.5 Å². The van der Waals surface area contributed by atoms with Crippen LogP contribution in [0, 0.1) is 0 Å². The fourth-order valence-electron chi connectivity index (χ4n) is 4.36. The number of amides is 1. The van der Waals surface area contributed by atoms with Crippen LogP contribution >= 0.6 is 11.8 Å². The van der Waals surface area contributed by atoms with Crippen molar-refractivity contribution >= 4 is 40.6 Å². The van der Waals surface area contributed by atoms with Gasteiger partial charge in [0.1, 0.15) is 12.4 Å². The van der Waals surface area contributed by atoms with E-state index in [-0.39, 0.29) is 18.3 Å². The van der Waals surface area contributed by atoms with Gasteiger partial charge in [-0.2, -0.15) is 0 Å². The Balaban J connectivity index is 1.34. The highest BCUT2D eigenvalue weighted by molar-refractivity contribution is 8.18. The first kappa shape index (κ1) is 28.8. The number of hydrogen-bond donors (Lipinski definition) is 1. The molecule has 0 radical (unpaired) electrons. The first-order valence-electron chi connectivity index (χ1n) is 13.6. The van der Waals surface area contributed by atoms with E-state index in [0.29, 0.717) is 40.5 Å². The first-order chi connectivity index (χ1) is 20.5. The summed E-state index contributed by atoms with van der Waals surface area (Å²) < 4.78 is 17.0. The normalized spacial score (nSPS) is 15.0. The first-order valence-corrected chi connectivity index (χ1v) is 14.4. The number of carbonyl (C=O) groups is 2. The van der Waals surface area contributed by atoms with E-state index < -0.39 is 5.97 Å². The molecule has 1 N–H and O–H groups in total. The van der Waals surface area contributed by atoms with Crippen LogP contribution in [-0.2, 0) is 17.8 Å². The van der Waals surface area contributed by atoms with E-state index in [1.165, 1.54) is 23.4 Å². The Morgan fingerprint density at radius 2 is 1.74 bits per heavy atom. The van der Waals surface area contributed by atoms with Gasteiger partial charge in [0.25, 0.3) is 5.91 Å². The van der Waals surface area contributed by atoms with E-state index in [9.17, 15) is 9.59 Å². The van der Waals surface area contributed by atoms with Crippen LogP contribution in [-0.4, -0.2) is 40.2 Å². The second-order valence-corrected chi connectivity index (χ2v) is 10.4. The van der Waals surface area contributed by atoms with E-state index in [2.05, 4.69) is 12.1 Å². The number of para-hydroxylation sites is 1. The summed E-state index contributed by atoms with van der Waals surface area (Å²) in [4.78, 5) is 31.8. The molecule has 0 unspecified atom stereocenters. The van der Waals surface area contributed by atoms with E-state index in [4.69, 9.17) is 24.0 Å². The number of aliphatic imine (C=N–C) groups is 1. The molecule has 8 nitrogen and oxygen atoms in total. The molecular formula is C33H30N2O6S. The lowest BCUT2D eigenvalue weighted by molar-refractivity contribution is -0.122. The Bertz CT molecular complexity index is 1600. The summed E-state index contributed by atoms with van der Waals surface area (Å²) in [6.07, 6.45) is 3.51. The lowest BCUT2D eigenvalue weighted by atomic mass is 10.1. The van der Waals surface area contributed by atoms with Gasteiger partial charge >= 0.3 is 5.97 Å². The maximum absolute atomic E-state index is 13.6. The van der Waals surface area contributed by atoms with E-state index >= 15 is 0 Å². The van der Waals surface area contributed by atoms with E-state index in [1.54, 1.807) is 17.0 Å². The van der Waals surface area contributed by atoms with Crippen LogP contribution < -0.4 is 9.47 Å². The maximum Gasteiger partial charge on any atom is 0.371 e. The molecule has 1 fully saturated rings. The molecule has 5 rings (SSSR count). The zero-order chi connectivity index (χ0) is 29.3. The molecular weight excluding hydrogens is 552 g/mol. The van der Waals surface area contributed by atoms with Crippen molar-refractivity contribution in [1.29, 1.82) is 0 Å². The number of rotatable bonds is 12. The van der Waals surface area contributed by atoms with Gasteiger partial charge in [-0.15, -0.1) is 0 Å². The number of carboxylic acids is 1. The van der Waals surface area contributed by atoms with E-state index in [0.717, 1.165) is 24.1 Å². The van der Waals surface area contributed by atoms with Gasteiger partial charge in [-0.25, -0.2) is 9.79 Å². The van der Waals surface area contributed by atoms with Crippen LogP contribution in [0.25, 0.3) is 6.08 Å². The Morgan fingerprint density at radius 3 is 2.45 bits per heavy atom. The minimum absolute atomic E-state index is 0.0411. The number of hydrogen-bond acceptors (Lipinski definition) is 7. The van der Waals surface area contributed by atoms with Gasteiger partial charge in [0.05, 0.1) is 17.2 Å². The average molecular weight is 583 g/mol. The largest absolute Gasteiger partial charge is 0.490 e. The summed E-state index contributed by atoms with van der Waals surface area (Å²) in [5, 5.41) is 9.71. The summed E-state index contributed by atoms with van der Waals surface area (Å²) in [7, 11) is 0. The minimum Gasteiger partial charge on any atom is -0.490 e. The molecule has 1 amide bonds. The molecule has 9 heteroatoms. The minimum atomic E-state index is -1.14. The molecule has 3 aromatic carbocycles. The number of aryl methyl sites for hydroxylation is 1. The van der Waals surface area contributed by atoms with Crippen molar-refractivity contribution in [2.24, 2.45) is 4.99 Å². The molecule has 0 saturated carbocycles. The third-order valence-electron chi connectivity index (χ3n) is 6.37. The van der Waals surface area contributed by atoms with Crippen molar-refractivity contribution in [1.82, 2.24) is 4.90 Å². The van der Waals surface area contributed by atoms with Crippen molar-refractivity contribution in [2.75, 3.05) is 13.2 Å². The molecule has 214 valence electrons. The molecule has 0 atom stereocenters. The third kappa shape index (κ3) is 7.30. The highest BCUT2D eigenvalue weighted by Gasteiger charge is 2.33. The topological polar surface area (TPSA) is 102 Å². The van der Waals surface area contributed by atoms with E-state index in [1.807, 2.05) is 73.7 Å². The molecule has 42 heavy (non-hydrogen) atoms. The Kier molecular flexibility index (Phi) is 9.41. The van der Waals surface area contributed by atoms with Crippen molar-refractivity contribution in [3.8, 4) is 11.5 Å². The standard InChI is InChI=1S/C33H30N2O6S/c1-2-39-29-20-24(15-17-27(29)40-22-26-16-18-28(41-26)32(37)38)21-30-31(36)35(19-9-12-23-10-5-3-6-11-23)33(42-30)34-25-13-7-4-8-14-25/h3-8,10-11,13-18,20-21H,2,9,12,19,22H2,1H3,(H,37,38). The molecule has 0 aliphatic carbocycles. The van der Waals surface area contributed by atoms with Gasteiger partial charge in [0.15, 0.2) is 16.7 Å². The smallest absolute Gasteiger partial charge is 0.371 e. The average Bonchev–Trinajstić information content (AvgIpc) is 3.59. The molecule has 0 spiro atoms. The Hall–Kier alpha value is -4.76. The highest BCUT2D eigenvalue weighted by atomic mass is 32.2. The van der Waals surface area contributed by atoms with Crippen molar-refractivity contribution in [3.63, 3.8) is 0 Å². The fraction of sp³-hybridized carbons (Fsp3) is 0.182. The SMILES string of the molecule is CCOc1cc(C=C2SC(=Nc3ccccc3)N(CCCc3ccccc3)C2=O)ccc1OCc1ccc(C(=O)O)o1. The van der Waals surface area contributed by atoms with Gasteiger partial charge in [-0.3, -0.25) is 9.69 Å². The van der Waals surface area contributed by atoms with Crippen LogP contribution in [0.4, 0.5) is 5.69 Å². The molecule has 1 aliphatic rings. The number of furan rings is 1. The highest BCUT2D eigenvalue weighted by Crippen LogP contribution is 2.36. The number of amidine groups is 1. The Morgan fingerprint density at radius 1 is 0.976 bits per heavy atom. The van der Waals surface area contributed by atoms with Gasteiger partial charge in [0.2, 0.25) is 5.76 Å². The zero-order valence-corrected chi connectivity index (χ0v) is 23.9. The number of carboxylic acid groups (broad SMARTS) is 1. The van der Waals surface area contributed by atoms with Crippen molar-refractivity contribution in [2.45, 2.75) is 26.4 Å². The summed E-state index contributed by atoms with van der Waals surface area (Å²) in [6.45, 7) is 2.88. The van der Waals surface area contributed by atoms with Crippen LogP contribution in [0.2, 0.25) is 0 Å². The summed E-state index contributed by atoms with van der Waals surface area (Å²) in [6, 6.07) is 28.2. The van der Waals surface area contributed by atoms with Crippen molar-refractivity contribution in [3.05, 3.63) is 119 Å². The van der Waals surface area contributed by atoms with Crippen LogP contribution in [0.1, 0.15) is 40.8 Å². The number of ether oxygens (including phenoxy) is 2. The second-order valence-electron chi connectivity index (χ2n) is 9.39. The lowest BCUT2D eigenvalue weighted by Crippen LogP contribution is -2.30. The summed E-state index contributed by atoms with van der Waals surface area (Å²) in [5.41, 5.74) is 2.79. The number of nitrogens with zero attached hydrogens (tertiary/aromatic N) is 2. The van der Waals surface area contributed by atoms with Crippen LogP contribution in [0.3, 0.4) is 0 Å². The summed E-state index contributed by atoms with van der Waals surface area (Å²) >= 11 is 1.35. The van der Waals surface area contributed by atoms with Gasteiger partial charge in [-0.1, -0.05) is 54.6 Å². The predicted octanol–water partition coefficient (Wildman–Crippen LogP) is 7.19. The monoisotopic (exact) mass is 582 g/mol. The van der Waals surface area contributed by atoms with Gasteiger partial charge < -0.3 is 19.0 Å². The Labute approximate surface area is 248 Å². The number of thioether (sulfide) groups is 1. The van der Waals surface area contributed by atoms with Gasteiger partial charge in [0, 0.05) is 6.54 Å². The molecule has 2 heterocycles. The quantitative estimate of drug-likeness (QED) is 0.176. The fourth-order valence-corrected chi connectivity index (χ4v) is 5.38. The van der Waals surface area contributed by atoms with Gasteiger partial charge in [-0.05, 0) is 85.1 Å². The van der Waals surface area contributed by atoms with Crippen molar-refractivity contribution < 1.29 is 28.6 Å². The number of aromatic carboxylic acids is 1. The zero-order valence-electron chi connectivity index (χ0n) is 23.1. The molecule has 4 aromatic rings. The third-order valence-corrected chi connectivity index (χ3v) is 7.37. The second kappa shape index (κ2) is 13.7. The number of benzene rings is 3. The molecule has 1 saturated heterocycles. The maximum atomic E-state index is 13.6. The summed E-state index contributed by atoms with van der Waals surface area (Å²) in [5.74, 6) is -0.0141. The number of carbonyl (C=O) groups excluding carboxylic acids is 1. The van der Waals surface area contributed by atoms with Crippen LogP contribution in [0.15, 0.2) is 105 Å². The predicted molar refractivity (Wildman–Crippen MR) is 163 cm³/mol. The lowest BCUT2D eigenvalue weighted by Gasteiger charge is -2.15. The molecule has 0 bridgehead atoms.